The van der Waals surface area contributed by atoms with Gasteiger partial charge in [0.25, 0.3) is 0 Å². The van der Waals surface area contributed by atoms with Crippen LogP contribution < -0.4 is 0 Å². The lowest BCUT2D eigenvalue weighted by atomic mass is 9.96. The fourth-order valence-electron chi connectivity index (χ4n) is 2.36. The largest absolute Gasteiger partial charge is 0.481 e. The Kier molecular flexibility index (Phi) is 11.8. The van der Waals surface area contributed by atoms with Crippen molar-refractivity contribution in [3.63, 3.8) is 0 Å². The number of hydrogen-bond acceptors (Lipinski definition) is 6. The van der Waals surface area contributed by atoms with Crippen LogP contribution in [0.1, 0.15) is 71.1 Å². The summed E-state index contributed by atoms with van der Waals surface area (Å²) in [5.41, 5.74) is -2.72. The van der Waals surface area contributed by atoms with Crippen molar-refractivity contribution < 1.29 is 39.5 Å². The van der Waals surface area contributed by atoms with Crippen LogP contribution in [0.2, 0.25) is 0 Å². The predicted molar refractivity (Wildman–Crippen MR) is 89.0 cm³/mol. The van der Waals surface area contributed by atoms with Gasteiger partial charge in [0.15, 0.2) is 5.60 Å². The Morgan fingerprint density at radius 3 is 2.04 bits per heavy atom. The molecule has 0 rings (SSSR count). The maximum absolute atomic E-state index is 11.6. The molecule has 2 atom stereocenters. The molecule has 0 bridgehead atoms. The number of esters is 1. The van der Waals surface area contributed by atoms with Crippen molar-refractivity contribution in [2.24, 2.45) is 0 Å². The molecule has 0 spiro atoms. The topological polar surface area (TPSA) is 141 Å². The summed E-state index contributed by atoms with van der Waals surface area (Å²) in [7, 11) is 0. The first kappa shape index (κ1) is 23.3. The van der Waals surface area contributed by atoms with E-state index in [0.29, 0.717) is 6.42 Å². The van der Waals surface area contributed by atoms with Crippen molar-refractivity contribution in [1.29, 1.82) is 0 Å². The average molecular weight is 362 g/mol. The third-order valence-corrected chi connectivity index (χ3v) is 3.86. The van der Waals surface area contributed by atoms with Crippen molar-refractivity contribution in [1.82, 2.24) is 0 Å². The normalized spacial score (nSPS) is 14.5. The van der Waals surface area contributed by atoms with Gasteiger partial charge in [-0.15, -0.1) is 0 Å². The lowest BCUT2D eigenvalue weighted by molar-refractivity contribution is -0.172. The van der Waals surface area contributed by atoms with E-state index in [1.807, 2.05) is 0 Å². The molecule has 0 saturated heterocycles. The van der Waals surface area contributed by atoms with Crippen LogP contribution in [0.5, 0.6) is 0 Å². The van der Waals surface area contributed by atoms with Crippen LogP contribution in [0, 0.1) is 0 Å². The molecule has 146 valence electrons. The zero-order valence-electron chi connectivity index (χ0n) is 14.8. The number of rotatable bonds is 15. The minimum Gasteiger partial charge on any atom is -0.481 e. The van der Waals surface area contributed by atoms with E-state index in [1.54, 1.807) is 0 Å². The molecule has 4 N–H and O–H groups in total. The van der Waals surface area contributed by atoms with Gasteiger partial charge in [0.2, 0.25) is 0 Å². The van der Waals surface area contributed by atoms with Crippen LogP contribution in [-0.4, -0.2) is 56.6 Å². The minimum absolute atomic E-state index is 0.308. The molecule has 8 heteroatoms. The summed E-state index contributed by atoms with van der Waals surface area (Å²) in [5.74, 6) is -4.42. The van der Waals surface area contributed by atoms with Gasteiger partial charge in [-0.2, -0.15) is 0 Å². The monoisotopic (exact) mass is 362 g/mol. The summed E-state index contributed by atoms with van der Waals surface area (Å²) in [6.07, 6.45) is 5.14. The highest BCUT2D eigenvalue weighted by molar-refractivity contribution is 5.88. The third-order valence-electron chi connectivity index (χ3n) is 3.86. The fourth-order valence-corrected chi connectivity index (χ4v) is 2.36. The Bertz CT molecular complexity index is 423. The van der Waals surface area contributed by atoms with Crippen LogP contribution in [0.25, 0.3) is 0 Å². The van der Waals surface area contributed by atoms with Crippen LogP contribution in [0.4, 0.5) is 0 Å². The zero-order chi connectivity index (χ0) is 19.3. The quantitative estimate of drug-likeness (QED) is 0.255. The summed E-state index contributed by atoms with van der Waals surface area (Å²) < 4.78 is 4.74. The fraction of sp³-hybridized carbons (Fsp3) is 0.824. The minimum atomic E-state index is -2.72. The molecule has 0 aromatic rings. The molecular formula is C17H30O8. The number of carboxylic acid groups (broad SMARTS) is 2. The number of unbranched alkanes of at least 4 members (excludes halogenated alkanes) is 6. The highest BCUT2D eigenvalue weighted by Gasteiger charge is 2.41. The van der Waals surface area contributed by atoms with E-state index >= 15 is 0 Å². The molecule has 0 amide bonds. The molecule has 0 aromatic heterocycles. The Labute approximate surface area is 147 Å². The van der Waals surface area contributed by atoms with Crippen molar-refractivity contribution in [3.8, 4) is 0 Å². The maximum atomic E-state index is 11.6. The lowest BCUT2D eigenvalue weighted by Gasteiger charge is -2.20. The summed E-state index contributed by atoms with van der Waals surface area (Å²) in [5, 5.41) is 36.9. The van der Waals surface area contributed by atoms with Gasteiger partial charge in [0.1, 0.15) is 6.61 Å². The average Bonchev–Trinajstić information content (AvgIpc) is 2.51. The Morgan fingerprint density at radius 2 is 1.52 bits per heavy atom. The second kappa shape index (κ2) is 12.7. The van der Waals surface area contributed by atoms with Gasteiger partial charge >= 0.3 is 17.9 Å². The Morgan fingerprint density at radius 1 is 0.960 bits per heavy atom. The first-order valence-corrected chi connectivity index (χ1v) is 8.72. The number of ether oxygens (including phenoxy) is 1. The van der Waals surface area contributed by atoms with Crippen molar-refractivity contribution in [3.05, 3.63) is 0 Å². The number of aliphatic carboxylic acids is 2. The van der Waals surface area contributed by atoms with E-state index in [9.17, 15) is 24.6 Å². The number of aliphatic hydroxyl groups is 2. The Balaban J connectivity index is 3.99. The van der Waals surface area contributed by atoms with Gasteiger partial charge in [-0.1, -0.05) is 51.9 Å². The van der Waals surface area contributed by atoms with E-state index in [1.165, 1.54) is 19.3 Å². The summed E-state index contributed by atoms with van der Waals surface area (Å²) >= 11 is 0. The van der Waals surface area contributed by atoms with Gasteiger partial charge < -0.3 is 25.2 Å². The molecular weight excluding hydrogens is 332 g/mol. The summed E-state index contributed by atoms with van der Waals surface area (Å²) in [6.45, 7) is 1.84. The summed E-state index contributed by atoms with van der Waals surface area (Å²) in [4.78, 5) is 33.1. The van der Waals surface area contributed by atoms with E-state index in [-0.39, 0.29) is 6.61 Å². The van der Waals surface area contributed by atoms with Gasteiger partial charge in [-0.25, -0.2) is 4.79 Å². The van der Waals surface area contributed by atoms with E-state index in [0.717, 1.165) is 25.7 Å². The standard InChI is InChI=1S/C17H30O8/c1-2-3-4-5-6-7-8-9-13(18)12-25-15(21)11-17(24,16(22)23)10-14(19)20/h13,18,24H,2-12H2,1H3,(H,19,20)(H,22,23). The van der Waals surface area contributed by atoms with Crippen LogP contribution >= 0.6 is 0 Å². The molecule has 0 fully saturated rings. The maximum Gasteiger partial charge on any atom is 0.336 e. The van der Waals surface area contributed by atoms with Crippen molar-refractivity contribution in [2.75, 3.05) is 6.61 Å². The third kappa shape index (κ3) is 11.5. The number of carbonyl (C=O) groups excluding carboxylic acids is 1. The SMILES string of the molecule is CCCCCCCCCC(O)COC(=O)CC(O)(CC(=O)O)C(=O)O. The molecule has 0 aliphatic rings. The number of aliphatic hydroxyl groups excluding tert-OH is 1. The van der Waals surface area contributed by atoms with Crippen molar-refractivity contribution >= 4 is 17.9 Å². The molecule has 2 unspecified atom stereocenters. The van der Waals surface area contributed by atoms with Crippen molar-refractivity contribution in [2.45, 2.75) is 82.8 Å². The van der Waals surface area contributed by atoms with Gasteiger partial charge in [-0.3, -0.25) is 9.59 Å². The van der Waals surface area contributed by atoms with Gasteiger partial charge in [-0.05, 0) is 6.42 Å². The van der Waals surface area contributed by atoms with E-state index in [2.05, 4.69) is 6.92 Å². The number of carbonyl (C=O) groups is 3. The smallest absolute Gasteiger partial charge is 0.336 e. The number of carboxylic acids is 2. The highest BCUT2D eigenvalue weighted by Crippen LogP contribution is 2.17. The molecule has 0 radical (unpaired) electrons. The first-order valence-electron chi connectivity index (χ1n) is 8.72. The zero-order valence-corrected chi connectivity index (χ0v) is 14.8. The van der Waals surface area contributed by atoms with Crippen LogP contribution in [-0.2, 0) is 19.1 Å². The molecule has 0 aliphatic heterocycles. The molecule has 8 nitrogen and oxygen atoms in total. The first-order chi connectivity index (χ1) is 11.7. The van der Waals surface area contributed by atoms with Crippen LogP contribution in [0.3, 0.4) is 0 Å². The van der Waals surface area contributed by atoms with Gasteiger partial charge in [0.05, 0.1) is 18.9 Å². The van der Waals surface area contributed by atoms with E-state index in [4.69, 9.17) is 14.9 Å². The van der Waals surface area contributed by atoms with E-state index < -0.39 is 42.5 Å². The number of hydrogen-bond donors (Lipinski definition) is 4. The summed E-state index contributed by atoms with van der Waals surface area (Å²) in [6, 6.07) is 0. The highest BCUT2D eigenvalue weighted by atomic mass is 16.5. The predicted octanol–water partition coefficient (Wildman–Crippen LogP) is 1.71. The second-order valence-corrected chi connectivity index (χ2v) is 6.33. The van der Waals surface area contributed by atoms with Gasteiger partial charge in [0, 0.05) is 0 Å². The molecule has 0 heterocycles. The molecule has 0 saturated carbocycles. The molecule has 25 heavy (non-hydrogen) atoms. The molecule has 0 aliphatic carbocycles. The molecule has 0 aromatic carbocycles. The lowest BCUT2D eigenvalue weighted by Crippen LogP contribution is -2.43. The van der Waals surface area contributed by atoms with Crippen LogP contribution in [0.15, 0.2) is 0 Å². The Hall–Kier alpha value is -1.67. The second-order valence-electron chi connectivity index (χ2n) is 6.33.